The highest BCUT2D eigenvalue weighted by Gasteiger charge is 2.29. The van der Waals surface area contributed by atoms with Crippen LogP contribution in [-0.4, -0.2) is 37.6 Å². The lowest BCUT2D eigenvalue weighted by Gasteiger charge is -2.37. The summed E-state index contributed by atoms with van der Waals surface area (Å²) < 4.78 is 5.36. The number of benzene rings is 2. The van der Waals surface area contributed by atoms with E-state index in [0.717, 1.165) is 23.4 Å². The van der Waals surface area contributed by atoms with Gasteiger partial charge in [-0.25, -0.2) is 0 Å². The first-order valence-corrected chi connectivity index (χ1v) is 8.45. The van der Waals surface area contributed by atoms with Crippen molar-refractivity contribution < 1.29 is 9.53 Å². The molecule has 4 nitrogen and oxygen atoms in total. The van der Waals surface area contributed by atoms with E-state index in [4.69, 9.17) is 16.3 Å². The first-order chi connectivity index (χ1) is 11.7. The largest absolute Gasteiger partial charge is 0.496 e. The molecule has 0 radical (unpaired) electrons. The van der Waals surface area contributed by atoms with Gasteiger partial charge in [-0.05, 0) is 17.7 Å². The molecular formula is C19H22Cl2N2O2. The number of carbonyl (C=O) groups is 1. The highest BCUT2D eigenvalue weighted by molar-refractivity contribution is 6.31. The third-order valence-electron chi connectivity index (χ3n) is 4.36. The molecule has 1 unspecified atom stereocenters. The summed E-state index contributed by atoms with van der Waals surface area (Å²) >= 11 is 6.35. The normalized spacial score (nSPS) is 16.9. The number of rotatable bonds is 4. The van der Waals surface area contributed by atoms with Crippen LogP contribution in [0.2, 0.25) is 5.02 Å². The number of hydrogen-bond donors (Lipinski definition) is 1. The Hall–Kier alpha value is -1.75. The number of hydrogen-bond acceptors (Lipinski definition) is 3. The van der Waals surface area contributed by atoms with Gasteiger partial charge in [-0.3, -0.25) is 4.79 Å². The standard InChI is InChI=1S/C19H21ClN2O2.ClH/c1-24-18-9-5-2-6-14(18)12-19(23)22-11-10-21-13-17(22)15-7-3-4-8-16(15)20;/h2-9,17,21H,10-13H2,1H3;1H. The number of para-hydroxylation sites is 1. The summed E-state index contributed by atoms with van der Waals surface area (Å²) in [4.78, 5) is 14.9. The molecule has 0 aliphatic carbocycles. The van der Waals surface area contributed by atoms with E-state index in [1.807, 2.05) is 53.4 Å². The van der Waals surface area contributed by atoms with Gasteiger partial charge in [0.15, 0.2) is 0 Å². The van der Waals surface area contributed by atoms with E-state index in [1.165, 1.54) is 0 Å². The number of amides is 1. The second kappa shape index (κ2) is 9.09. The number of ether oxygens (including phenoxy) is 1. The quantitative estimate of drug-likeness (QED) is 0.882. The second-order valence-corrected chi connectivity index (χ2v) is 6.22. The van der Waals surface area contributed by atoms with Crippen LogP contribution in [0, 0.1) is 0 Å². The lowest BCUT2D eigenvalue weighted by Crippen LogP contribution is -2.49. The lowest BCUT2D eigenvalue weighted by atomic mass is 10.0. The van der Waals surface area contributed by atoms with E-state index < -0.39 is 0 Å². The maximum atomic E-state index is 12.9. The summed E-state index contributed by atoms with van der Waals surface area (Å²) in [6, 6.07) is 15.3. The van der Waals surface area contributed by atoms with E-state index in [-0.39, 0.29) is 24.4 Å². The molecule has 0 saturated carbocycles. The molecule has 0 spiro atoms. The molecule has 1 saturated heterocycles. The minimum absolute atomic E-state index is 0. The Morgan fingerprint density at radius 2 is 1.96 bits per heavy atom. The van der Waals surface area contributed by atoms with Gasteiger partial charge in [-0.15, -0.1) is 12.4 Å². The average Bonchev–Trinajstić information content (AvgIpc) is 2.62. The Kier molecular flexibility index (Phi) is 7.12. The van der Waals surface area contributed by atoms with Crippen molar-refractivity contribution >= 4 is 29.9 Å². The number of piperazine rings is 1. The van der Waals surface area contributed by atoms with Gasteiger partial charge in [0.2, 0.25) is 5.91 Å². The van der Waals surface area contributed by atoms with Crippen molar-refractivity contribution in [2.75, 3.05) is 26.7 Å². The molecule has 1 atom stereocenters. The fourth-order valence-corrected chi connectivity index (χ4v) is 3.40. The smallest absolute Gasteiger partial charge is 0.227 e. The van der Waals surface area contributed by atoms with Crippen molar-refractivity contribution in [3.05, 3.63) is 64.7 Å². The van der Waals surface area contributed by atoms with Gasteiger partial charge in [0.1, 0.15) is 5.75 Å². The first kappa shape index (κ1) is 19.6. The summed E-state index contributed by atoms with van der Waals surface area (Å²) in [6.07, 6.45) is 0.324. The predicted octanol–water partition coefficient (Wildman–Crippen LogP) is 3.49. The van der Waals surface area contributed by atoms with Crippen LogP contribution < -0.4 is 10.1 Å². The van der Waals surface area contributed by atoms with Gasteiger partial charge in [0.05, 0.1) is 19.6 Å². The van der Waals surface area contributed by atoms with Crippen LogP contribution in [-0.2, 0) is 11.2 Å². The Morgan fingerprint density at radius 1 is 1.24 bits per heavy atom. The van der Waals surface area contributed by atoms with Crippen molar-refractivity contribution in [1.82, 2.24) is 10.2 Å². The fourth-order valence-electron chi connectivity index (χ4n) is 3.14. The molecule has 2 aromatic carbocycles. The zero-order valence-corrected chi connectivity index (χ0v) is 15.6. The summed E-state index contributed by atoms with van der Waals surface area (Å²) in [5, 5.41) is 4.05. The molecule has 3 rings (SSSR count). The molecule has 1 aliphatic heterocycles. The molecule has 2 aromatic rings. The molecule has 0 bridgehead atoms. The SMILES string of the molecule is COc1ccccc1CC(=O)N1CCNCC1c1ccccc1Cl.Cl. The van der Waals surface area contributed by atoms with Gasteiger partial charge in [0, 0.05) is 30.2 Å². The maximum Gasteiger partial charge on any atom is 0.227 e. The molecule has 1 heterocycles. The van der Waals surface area contributed by atoms with Crippen LogP contribution in [0.4, 0.5) is 0 Å². The minimum Gasteiger partial charge on any atom is -0.496 e. The summed E-state index contributed by atoms with van der Waals surface area (Å²) in [7, 11) is 1.63. The van der Waals surface area contributed by atoms with Crippen LogP contribution in [0.3, 0.4) is 0 Å². The maximum absolute atomic E-state index is 12.9. The number of nitrogens with one attached hydrogen (secondary N) is 1. The monoisotopic (exact) mass is 380 g/mol. The molecule has 1 aliphatic rings. The van der Waals surface area contributed by atoms with Crippen molar-refractivity contribution in [1.29, 1.82) is 0 Å². The summed E-state index contributed by atoms with van der Waals surface area (Å²) in [5.41, 5.74) is 1.89. The topological polar surface area (TPSA) is 41.6 Å². The van der Waals surface area contributed by atoms with Gasteiger partial charge < -0.3 is 15.0 Å². The van der Waals surface area contributed by atoms with Crippen LogP contribution in [0.25, 0.3) is 0 Å². The van der Waals surface area contributed by atoms with Crippen LogP contribution >= 0.6 is 24.0 Å². The van der Waals surface area contributed by atoms with E-state index in [0.29, 0.717) is 24.5 Å². The summed E-state index contributed by atoms with van der Waals surface area (Å²) in [5.74, 6) is 0.834. The average molecular weight is 381 g/mol. The van der Waals surface area contributed by atoms with Crippen molar-refractivity contribution in [3.8, 4) is 5.75 Å². The van der Waals surface area contributed by atoms with Crippen LogP contribution in [0.1, 0.15) is 17.2 Å². The van der Waals surface area contributed by atoms with Gasteiger partial charge in [-0.1, -0.05) is 48.0 Å². The third-order valence-corrected chi connectivity index (χ3v) is 4.71. The Balaban J connectivity index is 0.00000225. The Bertz CT molecular complexity index is 724. The first-order valence-electron chi connectivity index (χ1n) is 8.07. The molecule has 1 N–H and O–H groups in total. The van der Waals surface area contributed by atoms with Crippen molar-refractivity contribution in [3.63, 3.8) is 0 Å². The highest BCUT2D eigenvalue weighted by Crippen LogP contribution is 2.29. The van der Waals surface area contributed by atoms with Crippen LogP contribution in [0.15, 0.2) is 48.5 Å². The molecule has 134 valence electrons. The molecule has 6 heteroatoms. The number of halogens is 2. The van der Waals surface area contributed by atoms with E-state index in [2.05, 4.69) is 5.32 Å². The molecule has 1 amide bonds. The molecule has 1 fully saturated rings. The number of carbonyl (C=O) groups excluding carboxylic acids is 1. The molecule has 25 heavy (non-hydrogen) atoms. The predicted molar refractivity (Wildman–Crippen MR) is 103 cm³/mol. The summed E-state index contributed by atoms with van der Waals surface area (Å²) in [6.45, 7) is 2.17. The Labute approximate surface area is 159 Å². The zero-order chi connectivity index (χ0) is 16.9. The van der Waals surface area contributed by atoms with Gasteiger partial charge >= 0.3 is 0 Å². The molecular weight excluding hydrogens is 359 g/mol. The molecule has 0 aromatic heterocycles. The van der Waals surface area contributed by atoms with E-state index in [1.54, 1.807) is 7.11 Å². The van der Waals surface area contributed by atoms with Gasteiger partial charge in [0.25, 0.3) is 0 Å². The Morgan fingerprint density at radius 3 is 2.72 bits per heavy atom. The fraction of sp³-hybridized carbons (Fsp3) is 0.316. The van der Waals surface area contributed by atoms with Crippen LogP contribution in [0.5, 0.6) is 5.75 Å². The van der Waals surface area contributed by atoms with E-state index in [9.17, 15) is 4.79 Å². The zero-order valence-electron chi connectivity index (χ0n) is 14.1. The van der Waals surface area contributed by atoms with Crippen molar-refractivity contribution in [2.45, 2.75) is 12.5 Å². The minimum atomic E-state index is -0.0466. The van der Waals surface area contributed by atoms with Gasteiger partial charge in [-0.2, -0.15) is 0 Å². The van der Waals surface area contributed by atoms with Crippen molar-refractivity contribution in [2.24, 2.45) is 0 Å². The van der Waals surface area contributed by atoms with E-state index >= 15 is 0 Å². The highest BCUT2D eigenvalue weighted by atomic mass is 35.5. The second-order valence-electron chi connectivity index (χ2n) is 5.82. The number of methoxy groups -OCH3 is 1. The number of nitrogens with zero attached hydrogens (tertiary/aromatic N) is 1. The third kappa shape index (κ3) is 4.46. The lowest BCUT2D eigenvalue weighted by molar-refractivity contribution is -0.133.